The summed E-state index contributed by atoms with van der Waals surface area (Å²) in [5, 5.41) is 0.970. The Morgan fingerprint density at radius 2 is 2.21 bits per heavy atom. The minimum Gasteiger partial charge on any atom is -0.350 e. The molecular weight excluding hydrogens is 246 g/mol. The van der Waals surface area contributed by atoms with Crippen LogP contribution in [0.4, 0.5) is 0 Å². The number of carbonyl (C=O) groups is 1. The first-order valence-electron chi connectivity index (χ1n) is 4.00. The number of rotatable bonds is 1. The Balaban J connectivity index is 2.56. The molecule has 0 bridgehead atoms. The number of benzene rings is 1. The van der Waals surface area contributed by atoms with E-state index in [9.17, 15) is 4.79 Å². The summed E-state index contributed by atoms with van der Waals surface area (Å²) in [5.74, 6) is 4.71. The number of hydrogen-bond acceptors (Lipinski definition) is 2. The molecule has 1 aromatic carbocycles. The highest BCUT2D eigenvalue weighted by molar-refractivity contribution is 9.10. The lowest BCUT2D eigenvalue weighted by molar-refractivity contribution is 0.0949. The van der Waals surface area contributed by atoms with Crippen LogP contribution in [0.5, 0.6) is 0 Å². The predicted octanol–water partition coefficient (Wildman–Crippen LogP) is 1.53. The van der Waals surface area contributed by atoms with Gasteiger partial charge in [-0.1, -0.05) is 15.9 Å². The molecule has 0 spiro atoms. The summed E-state index contributed by atoms with van der Waals surface area (Å²) in [5.41, 5.74) is 3.44. The summed E-state index contributed by atoms with van der Waals surface area (Å²) >= 11 is 3.36. The second-order valence-corrected chi connectivity index (χ2v) is 3.80. The van der Waals surface area contributed by atoms with Crippen molar-refractivity contribution in [1.82, 2.24) is 10.4 Å². The van der Waals surface area contributed by atoms with Crippen molar-refractivity contribution in [2.45, 2.75) is 0 Å². The molecule has 4 N–H and O–H groups in total. The van der Waals surface area contributed by atoms with E-state index in [1.165, 1.54) is 0 Å². The maximum absolute atomic E-state index is 11.2. The molecule has 0 fully saturated rings. The molecule has 2 rings (SSSR count). The molecule has 0 aliphatic rings. The zero-order valence-electron chi connectivity index (χ0n) is 7.17. The van der Waals surface area contributed by atoms with Gasteiger partial charge < -0.3 is 4.98 Å². The molecule has 0 radical (unpaired) electrons. The molecule has 1 amide bonds. The summed E-state index contributed by atoms with van der Waals surface area (Å²) < 4.78 is 0.976. The SMILES string of the molecule is NNC(=O)c1cc2cc(Br)ccc2[nH]1. The highest BCUT2D eigenvalue weighted by atomic mass is 79.9. The van der Waals surface area contributed by atoms with Crippen LogP contribution in [0.25, 0.3) is 10.9 Å². The van der Waals surface area contributed by atoms with Gasteiger partial charge in [0.1, 0.15) is 5.69 Å². The third-order valence-electron chi connectivity index (χ3n) is 1.96. The van der Waals surface area contributed by atoms with Crippen LogP contribution in [0.15, 0.2) is 28.7 Å². The molecule has 0 atom stereocenters. The maximum atomic E-state index is 11.2. The highest BCUT2D eigenvalue weighted by Crippen LogP contribution is 2.20. The molecule has 0 unspecified atom stereocenters. The molecule has 0 saturated carbocycles. The van der Waals surface area contributed by atoms with Gasteiger partial charge in [0.2, 0.25) is 0 Å². The third kappa shape index (κ3) is 1.51. The number of hydrazine groups is 1. The Hall–Kier alpha value is -1.33. The number of nitrogens with two attached hydrogens (primary N) is 1. The Labute approximate surface area is 88.6 Å². The molecule has 0 aliphatic carbocycles. The first kappa shape index (κ1) is 9.23. The van der Waals surface area contributed by atoms with Gasteiger partial charge in [-0.3, -0.25) is 10.2 Å². The Kier molecular flexibility index (Phi) is 2.26. The lowest BCUT2D eigenvalue weighted by atomic mass is 10.2. The number of nitrogen functional groups attached to an aromatic ring is 1. The minimum atomic E-state index is -0.322. The van der Waals surface area contributed by atoms with Crippen LogP contribution in [0, 0.1) is 0 Å². The number of fused-ring (bicyclic) bond motifs is 1. The number of carbonyl (C=O) groups excluding carboxylic acids is 1. The van der Waals surface area contributed by atoms with Crippen LogP contribution in [-0.2, 0) is 0 Å². The number of H-pyrrole nitrogens is 1. The van der Waals surface area contributed by atoms with Crippen molar-refractivity contribution in [3.05, 3.63) is 34.4 Å². The number of aromatic nitrogens is 1. The van der Waals surface area contributed by atoms with E-state index >= 15 is 0 Å². The van der Waals surface area contributed by atoms with Gasteiger partial charge in [0.15, 0.2) is 0 Å². The summed E-state index contributed by atoms with van der Waals surface area (Å²) in [6.07, 6.45) is 0. The molecule has 14 heavy (non-hydrogen) atoms. The van der Waals surface area contributed by atoms with E-state index < -0.39 is 0 Å². The van der Waals surface area contributed by atoms with E-state index in [-0.39, 0.29) is 5.91 Å². The van der Waals surface area contributed by atoms with Crippen molar-refractivity contribution in [3.8, 4) is 0 Å². The van der Waals surface area contributed by atoms with Crippen LogP contribution < -0.4 is 11.3 Å². The number of halogens is 1. The van der Waals surface area contributed by atoms with Gasteiger partial charge in [-0.15, -0.1) is 0 Å². The smallest absolute Gasteiger partial charge is 0.281 e. The number of amides is 1. The van der Waals surface area contributed by atoms with Crippen molar-refractivity contribution < 1.29 is 4.79 Å². The van der Waals surface area contributed by atoms with E-state index in [1.807, 2.05) is 18.2 Å². The zero-order valence-corrected chi connectivity index (χ0v) is 8.76. The van der Waals surface area contributed by atoms with Crippen molar-refractivity contribution in [1.29, 1.82) is 0 Å². The quantitative estimate of drug-likeness (QED) is 0.410. The van der Waals surface area contributed by atoms with Crippen molar-refractivity contribution in [3.63, 3.8) is 0 Å². The lowest BCUT2D eigenvalue weighted by Gasteiger charge is -1.92. The first-order chi connectivity index (χ1) is 6.70. The molecule has 2 aromatic rings. The van der Waals surface area contributed by atoms with E-state index in [1.54, 1.807) is 6.07 Å². The van der Waals surface area contributed by atoms with Gasteiger partial charge in [0.05, 0.1) is 0 Å². The molecule has 1 heterocycles. The topological polar surface area (TPSA) is 70.9 Å². The Bertz CT molecular complexity index is 492. The number of aromatic amines is 1. The van der Waals surface area contributed by atoms with Gasteiger partial charge in [-0.05, 0) is 24.3 Å². The second kappa shape index (κ2) is 3.43. The zero-order chi connectivity index (χ0) is 10.1. The fourth-order valence-electron chi connectivity index (χ4n) is 1.30. The van der Waals surface area contributed by atoms with Crippen molar-refractivity contribution in [2.24, 2.45) is 5.84 Å². The Morgan fingerprint density at radius 3 is 2.93 bits per heavy atom. The number of nitrogens with one attached hydrogen (secondary N) is 2. The summed E-state index contributed by atoms with van der Waals surface area (Å²) in [4.78, 5) is 14.1. The average Bonchev–Trinajstić information content (AvgIpc) is 2.59. The molecule has 0 saturated heterocycles. The molecule has 1 aromatic heterocycles. The molecule has 4 nitrogen and oxygen atoms in total. The van der Waals surface area contributed by atoms with E-state index in [0.717, 1.165) is 15.4 Å². The fraction of sp³-hybridized carbons (Fsp3) is 0. The molecule has 0 aliphatic heterocycles. The second-order valence-electron chi connectivity index (χ2n) is 2.89. The van der Waals surface area contributed by atoms with Crippen LogP contribution in [0.1, 0.15) is 10.5 Å². The molecular formula is C9H8BrN3O. The molecule has 5 heteroatoms. The monoisotopic (exact) mass is 253 g/mol. The fourth-order valence-corrected chi connectivity index (χ4v) is 1.68. The largest absolute Gasteiger partial charge is 0.350 e. The number of hydrogen-bond donors (Lipinski definition) is 3. The average molecular weight is 254 g/mol. The van der Waals surface area contributed by atoms with Gasteiger partial charge in [-0.25, -0.2) is 5.84 Å². The van der Waals surface area contributed by atoms with Crippen molar-refractivity contribution in [2.75, 3.05) is 0 Å². The summed E-state index contributed by atoms with van der Waals surface area (Å²) in [6.45, 7) is 0. The van der Waals surface area contributed by atoms with Crippen molar-refractivity contribution >= 4 is 32.7 Å². The van der Waals surface area contributed by atoms with Gasteiger partial charge in [0, 0.05) is 15.4 Å². The third-order valence-corrected chi connectivity index (χ3v) is 2.45. The van der Waals surface area contributed by atoms with E-state index in [2.05, 4.69) is 26.3 Å². The predicted molar refractivity (Wildman–Crippen MR) is 57.7 cm³/mol. The van der Waals surface area contributed by atoms with E-state index in [0.29, 0.717) is 5.69 Å². The summed E-state index contributed by atoms with van der Waals surface area (Å²) in [6, 6.07) is 7.48. The maximum Gasteiger partial charge on any atom is 0.281 e. The Morgan fingerprint density at radius 1 is 1.43 bits per heavy atom. The lowest BCUT2D eigenvalue weighted by Crippen LogP contribution is -2.30. The van der Waals surface area contributed by atoms with Gasteiger partial charge >= 0.3 is 0 Å². The van der Waals surface area contributed by atoms with Gasteiger partial charge in [0.25, 0.3) is 5.91 Å². The van der Waals surface area contributed by atoms with E-state index in [4.69, 9.17) is 5.84 Å². The van der Waals surface area contributed by atoms with Crippen LogP contribution in [0.2, 0.25) is 0 Å². The highest BCUT2D eigenvalue weighted by Gasteiger charge is 2.07. The normalized spacial score (nSPS) is 10.4. The van der Waals surface area contributed by atoms with Crippen LogP contribution >= 0.6 is 15.9 Å². The van der Waals surface area contributed by atoms with Crippen LogP contribution in [0.3, 0.4) is 0 Å². The molecule has 72 valence electrons. The summed E-state index contributed by atoms with van der Waals surface area (Å²) in [7, 11) is 0. The standard InChI is InChI=1S/C9H8BrN3O/c10-6-1-2-7-5(3-6)4-8(12-7)9(14)13-11/h1-4,12H,11H2,(H,13,14). The first-order valence-corrected chi connectivity index (χ1v) is 4.79. The van der Waals surface area contributed by atoms with Gasteiger partial charge in [-0.2, -0.15) is 0 Å². The minimum absolute atomic E-state index is 0.322. The van der Waals surface area contributed by atoms with Crippen LogP contribution in [-0.4, -0.2) is 10.9 Å².